The molecule has 160 valence electrons. The van der Waals surface area contributed by atoms with Crippen LogP contribution in [0, 0.1) is 11.3 Å². The molecule has 0 amide bonds. The van der Waals surface area contributed by atoms with Crippen molar-refractivity contribution in [3.05, 3.63) is 66.0 Å². The Kier molecular flexibility index (Phi) is 7.23. The second-order valence-corrected chi connectivity index (χ2v) is 8.68. The third-order valence-corrected chi connectivity index (χ3v) is 6.44. The van der Waals surface area contributed by atoms with Crippen LogP contribution in [0.25, 0.3) is 5.69 Å². The molecule has 0 radical (unpaired) electrons. The first-order chi connectivity index (χ1) is 15.3. The third-order valence-electron chi connectivity index (χ3n) is 5.55. The largest absolute Gasteiger partial charge is 0.493 e. The predicted molar refractivity (Wildman–Crippen MR) is 123 cm³/mol. The first-order valence-corrected chi connectivity index (χ1v) is 11.8. The number of piperidine rings is 1. The van der Waals surface area contributed by atoms with Crippen LogP contribution >= 0.6 is 11.8 Å². The van der Waals surface area contributed by atoms with Gasteiger partial charge < -0.3 is 4.74 Å². The summed E-state index contributed by atoms with van der Waals surface area (Å²) in [7, 11) is 0. The van der Waals surface area contributed by atoms with Crippen LogP contribution in [0.3, 0.4) is 0 Å². The second-order valence-electron chi connectivity index (χ2n) is 7.62. The Balaban J connectivity index is 1.46. The van der Waals surface area contributed by atoms with Crippen LogP contribution in [0.4, 0.5) is 0 Å². The zero-order valence-electron chi connectivity index (χ0n) is 17.8. The number of thioether (sulfide) groups is 1. The zero-order valence-corrected chi connectivity index (χ0v) is 18.6. The topological polar surface area (TPSA) is 67.0 Å². The standard InChI is InChI=1S/C24H27N5OS/c1-19(28-14-6-3-7-15-28)23-26-27-24(29(23)21-8-4-2-5-9-21)31-17-16-30-22-12-10-20(18-25)11-13-22/h2,4-5,8-13,19H,3,6-7,14-17H2,1H3/t19-/m1/s1. The Morgan fingerprint density at radius 3 is 2.48 bits per heavy atom. The number of nitriles is 1. The first-order valence-electron chi connectivity index (χ1n) is 10.8. The van der Waals surface area contributed by atoms with Crippen LogP contribution in [-0.4, -0.2) is 45.1 Å². The zero-order chi connectivity index (χ0) is 21.5. The smallest absolute Gasteiger partial charge is 0.196 e. The lowest BCUT2D eigenvalue weighted by atomic mass is 10.1. The summed E-state index contributed by atoms with van der Waals surface area (Å²) < 4.78 is 8.01. The van der Waals surface area contributed by atoms with E-state index < -0.39 is 0 Å². The van der Waals surface area contributed by atoms with Gasteiger partial charge in [-0.25, -0.2) is 0 Å². The van der Waals surface area contributed by atoms with Crippen molar-refractivity contribution in [3.63, 3.8) is 0 Å². The van der Waals surface area contributed by atoms with E-state index in [1.165, 1.54) is 19.3 Å². The highest BCUT2D eigenvalue weighted by Crippen LogP contribution is 2.29. The van der Waals surface area contributed by atoms with E-state index in [-0.39, 0.29) is 6.04 Å². The SMILES string of the molecule is C[C@H](c1nnc(SCCOc2ccc(C#N)cc2)n1-c1ccccc1)N1CCCCC1. The van der Waals surface area contributed by atoms with Gasteiger partial charge in [-0.15, -0.1) is 10.2 Å². The molecule has 0 spiro atoms. The molecular formula is C24H27N5OS. The van der Waals surface area contributed by atoms with Gasteiger partial charge in [0.2, 0.25) is 0 Å². The van der Waals surface area contributed by atoms with E-state index in [0.29, 0.717) is 12.2 Å². The average Bonchev–Trinajstić information content (AvgIpc) is 3.26. The fourth-order valence-corrected chi connectivity index (χ4v) is 4.63. The van der Waals surface area contributed by atoms with Gasteiger partial charge in [-0.2, -0.15) is 5.26 Å². The number of nitrogens with zero attached hydrogens (tertiary/aromatic N) is 5. The maximum atomic E-state index is 8.90. The number of likely N-dealkylation sites (tertiary alicyclic amines) is 1. The lowest BCUT2D eigenvalue weighted by Gasteiger charge is -2.31. The molecule has 1 saturated heterocycles. The van der Waals surface area contributed by atoms with E-state index in [4.69, 9.17) is 10.00 Å². The normalized spacial score (nSPS) is 15.4. The second kappa shape index (κ2) is 10.5. The van der Waals surface area contributed by atoms with Crippen molar-refractivity contribution in [2.24, 2.45) is 0 Å². The van der Waals surface area contributed by atoms with Crippen LogP contribution in [0.1, 0.15) is 43.6 Å². The maximum Gasteiger partial charge on any atom is 0.196 e. The summed E-state index contributed by atoms with van der Waals surface area (Å²) in [5.74, 6) is 2.51. The Hall–Kier alpha value is -2.82. The predicted octanol–water partition coefficient (Wildman–Crippen LogP) is 4.86. The molecule has 0 N–H and O–H groups in total. The van der Waals surface area contributed by atoms with E-state index in [0.717, 1.165) is 41.3 Å². The molecule has 6 nitrogen and oxygen atoms in total. The summed E-state index contributed by atoms with van der Waals surface area (Å²) in [5.41, 5.74) is 1.72. The van der Waals surface area contributed by atoms with Crippen molar-refractivity contribution in [2.45, 2.75) is 37.4 Å². The van der Waals surface area contributed by atoms with Crippen LogP contribution in [0.15, 0.2) is 59.8 Å². The minimum atomic E-state index is 0.220. The molecule has 4 rings (SSSR count). The van der Waals surface area contributed by atoms with Gasteiger partial charge in [0.1, 0.15) is 5.75 Å². The van der Waals surface area contributed by atoms with E-state index in [9.17, 15) is 0 Å². The molecule has 2 heterocycles. The van der Waals surface area contributed by atoms with Gasteiger partial charge in [0.15, 0.2) is 11.0 Å². The first kappa shape index (κ1) is 21.4. The Morgan fingerprint density at radius 1 is 1.03 bits per heavy atom. The number of hydrogen-bond donors (Lipinski definition) is 0. The highest BCUT2D eigenvalue weighted by molar-refractivity contribution is 7.99. The summed E-state index contributed by atoms with van der Waals surface area (Å²) >= 11 is 1.65. The molecule has 1 aromatic heterocycles. The van der Waals surface area contributed by atoms with Crippen molar-refractivity contribution in [1.29, 1.82) is 5.26 Å². The number of aromatic nitrogens is 3. The number of para-hydroxylation sites is 1. The van der Waals surface area contributed by atoms with Gasteiger partial charge in [-0.3, -0.25) is 9.47 Å². The van der Waals surface area contributed by atoms with Crippen molar-refractivity contribution < 1.29 is 4.74 Å². The molecular weight excluding hydrogens is 406 g/mol. The average molecular weight is 434 g/mol. The van der Waals surface area contributed by atoms with Gasteiger partial charge in [0, 0.05) is 11.4 Å². The minimum absolute atomic E-state index is 0.220. The molecule has 31 heavy (non-hydrogen) atoms. The van der Waals surface area contributed by atoms with Crippen molar-refractivity contribution >= 4 is 11.8 Å². The molecule has 0 saturated carbocycles. The Labute approximate surface area is 187 Å². The molecule has 0 bridgehead atoms. The number of rotatable bonds is 8. The molecule has 3 aromatic rings. The summed E-state index contributed by atoms with van der Waals surface area (Å²) in [6, 6.07) is 19.9. The monoisotopic (exact) mass is 433 g/mol. The molecule has 2 aromatic carbocycles. The highest BCUT2D eigenvalue weighted by atomic mass is 32.2. The van der Waals surface area contributed by atoms with Crippen LogP contribution in [0.2, 0.25) is 0 Å². The number of ether oxygens (including phenoxy) is 1. The van der Waals surface area contributed by atoms with Gasteiger partial charge in [0.05, 0.1) is 24.3 Å². The van der Waals surface area contributed by atoms with E-state index in [1.807, 2.05) is 30.3 Å². The molecule has 0 aliphatic carbocycles. The summed E-state index contributed by atoms with van der Waals surface area (Å²) in [4.78, 5) is 2.51. The van der Waals surface area contributed by atoms with E-state index in [2.05, 4.69) is 44.8 Å². The lowest BCUT2D eigenvalue weighted by Crippen LogP contribution is -2.33. The van der Waals surface area contributed by atoms with E-state index >= 15 is 0 Å². The summed E-state index contributed by atoms with van der Waals surface area (Å²) in [6.45, 7) is 5.01. The van der Waals surface area contributed by atoms with Crippen LogP contribution < -0.4 is 4.74 Å². The lowest BCUT2D eigenvalue weighted by molar-refractivity contribution is 0.167. The minimum Gasteiger partial charge on any atom is -0.493 e. The van der Waals surface area contributed by atoms with Crippen LogP contribution in [-0.2, 0) is 0 Å². The van der Waals surface area contributed by atoms with Crippen molar-refractivity contribution in [1.82, 2.24) is 19.7 Å². The quantitative estimate of drug-likeness (QED) is 0.373. The number of benzene rings is 2. The Bertz CT molecular complexity index is 1010. The fraction of sp³-hybridized carbons (Fsp3) is 0.375. The van der Waals surface area contributed by atoms with Crippen LogP contribution in [0.5, 0.6) is 5.75 Å². The van der Waals surface area contributed by atoms with Crippen molar-refractivity contribution in [3.8, 4) is 17.5 Å². The molecule has 0 unspecified atom stereocenters. The molecule has 1 aliphatic rings. The molecule has 1 aliphatic heterocycles. The van der Waals surface area contributed by atoms with Gasteiger partial charge in [-0.1, -0.05) is 36.4 Å². The summed E-state index contributed by atoms with van der Waals surface area (Å²) in [5, 5.41) is 18.9. The van der Waals surface area contributed by atoms with E-state index in [1.54, 1.807) is 23.9 Å². The van der Waals surface area contributed by atoms with Gasteiger partial charge >= 0.3 is 0 Å². The maximum absolute atomic E-state index is 8.90. The Morgan fingerprint density at radius 2 is 1.77 bits per heavy atom. The summed E-state index contributed by atoms with van der Waals surface area (Å²) in [6.07, 6.45) is 3.81. The molecule has 7 heteroatoms. The fourth-order valence-electron chi connectivity index (χ4n) is 3.85. The highest BCUT2D eigenvalue weighted by Gasteiger charge is 2.25. The van der Waals surface area contributed by atoms with Gasteiger partial charge in [0.25, 0.3) is 0 Å². The number of hydrogen-bond acceptors (Lipinski definition) is 6. The molecule has 1 fully saturated rings. The molecule has 1 atom stereocenters. The van der Waals surface area contributed by atoms with Gasteiger partial charge in [-0.05, 0) is 69.3 Å². The third kappa shape index (κ3) is 5.27. The van der Waals surface area contributed by atoms with Crippen molar-refractivity contribution in [2.75, 3.05) is 25.4 Å².